The molecule has 0 aromatic rings. The molecule has 0 saturated heterocycles. The number of ether oxygens (including phenoxy) is 1. The summed E-state index contributed by atoms with van der Waals surface area (Å²) in [7, 11) is 0. The summed E-state index contributed by atoms with van der Waals surface area (Å²) in [6.07, 6.45) is 3.87. The summed E-state index contributed by atoms with van der Waals surface area (Å²) in [4.78, 5) is 11.3. The Labute approximate surface area is 174 Å². The van der Waals surface area contributed by atoms with Gasteiger partial charge in [-0.15, -0.1) is 0 Å². The van der Waals surface area contributed by atoms with Crippen molar-refractivity contribution in [3.8, 4) is 0 Å². The molecule has 0 aromatic heterocycles. The van der Waals surface area contributed by atoms with Gasteiger partial charge < -0.3 is 4.74 Å². The predicted molar refractivity (Wildman–Crippen MR) is 114 cm³/mol. The van der Waals surface area contributed by atoms with Crippen molar-refractivity contribution >= 4 is 5.97 Å². The lowest BCUT2D eigenvalue weighted by Gasteiger charge is -1.97. The lowest BCUT2D eigenvalue weighted by molar-refractivity contribution is -0.142. The van der Waals surface area contributed by atoms with Crippen molar-refractivity contribution in [3.05, 3.63) is 72.9 Å². The topological polar surface area (TPSA) is 26.3 Å². The van der Waals surface area contributed by atoms with E-state index in [0.717, 1.165) is 48.6 Å². The van der Waals surface area contributed by atoms with Crippen molar-refractivity contribution in [3.63, 3.8) is 0 Å². The van der Waals surface area contributed by atoms with Crippen molar-refractivity contribution in [1.29, 1.82) is 0 Å². The third-order valence-corrected chi connectivity index (χ3v) is 2.59. The molecular formula is C24H36O2. The van der Waals surface area contributed by atoms with Gasteiger partial charge in [0.25, 0.3) is 0 Å². The Morgan fingerprint density at radius 1 is 0.692 bits per heavy atom. The minimum atomic E-state index is -2.21. The van der Waals surface area contributed by atoms with Crippen LogP contribution in [0, 0.1) is 0 Å². The molecule has 0 unspecified atom stereocenters. The minimum Gasteiger partial charge on any atom is -0.466 e. The van der Waals surface area contributed by atoms with Crippen LogP contribution < -0.4 is 0 Å². The van der Waals surface area contributed by atoms with E-state index in [9.17, 15) is 4.79 Å². The first-order chi connectivity index (χ1) is 16.3. The number of allylic oxidation sites excluding steroid dienone is 12. The molecule has 0 aliphatic rings. The third-order valence-electron chi connectivity index (χ3n) is 2.59. The summed E-state index contributed by atoms with van der Waals surface area (Å²) < 4.78 is 83.9. The Morgan fingerprint density at radius 3 is 1.46 bits per heavy atom. The van der Waals surface area contributed by atoms with E-state index in [1.54, 1.807) is 13.0 Å². The molecule has 0 heterocycles. The molecule has 0 atom stereocenters. The smallest absolute Gasteiger partial charge is 0.306 e. The monoisotopic (exact) mass is 366 g/mol. The molecule has 26 heavy (non-hydrogen) atoms. The molecule has 2 heteroatoms. The van der Waals surface area contributed by atoms with Crippen LogP contribution in [-0.4, -0.2) is 12.6 Å². The first kappa shape index (κ1) is 11.6. The van der Waals surface area contributed by atoms with Crippen LogP contribution in [0.1, 0.15) is 78.7 Å². The van der Waals surface area contributed by atoms with Crippen molar-refractivity contribution in [2.75, 3.05) is 6.61 Å². The molecule has 0 N–H and O–H groups in total. The molecule has 0 aromatic carbocycles. The lowest BCUT2D eigenvalue weighted by Crippen LogP contribution is -2.02. The van der Waals surface area contributed by atoms with Gasteiger partial charge in [-0.3, -0.25) is 4.79 Å². The molecule has 2 nitrogen and oxygen atoms in total. The zero-order valence-electron chi connectivity index (χ0n) is 25.6. The Hall–Kier alpha value is -2.09. The fourth-order valence-corrected chi connectivity index (χ4v) is 1.43. The first-order valence-corrected chi connectivity index (χ1v) is 8.67. The molecule has 0 rings (SSSR count). The average molecular weight is 367 g/mol. The first-order valence-electron chi connectivity index (χ1n) is 13.7. The van der Waals surface area contributed by atoms with Gasteiger partial charge in [-0.2, -0.15) is 0 Å². The summed E-state index contributed by atoms with van der Waals surface area (Å²) >= 11 is 0. The van der Waals surface area contributed by atoms with Crippen molar-refractivity contribution < 1.29 is 23.2 Å². The predicted octanol–water partition coefficient (Wildman–Crippen LogP) is 7.03. The quantitative estimate of drug-likeness (QED) is 0.230. The maximum Gasteiger partial charge on any atom is 0.306 e. The Morgan fingerprint density at radius 2 is 1.08 bits per heavy atom. The zero-order chi connectivity index (χ0) is 28.1. The van der Waals surface area contributed by atoms with Gasteiger partial charge in [-0.1, -0.05) is 79.8 Å². The second-order valence-electron chi connectivity index (χ2n) is 4.72. The highest BCUT2D eigenvalue weighted by molar-refractivity contribution is 5.69. The zero-order valence-corrected chi connectivity index (χ0v) is 15.6. The van der Waals surface area contributed by atoms with Gasteiger partial charge in [0.1, 0.15) is 0 Å². The maximum absolute atomic E-state index is 11.3. The highest BCUT2D eigenvalue weighted by atomic mass is 16.5. The third kappa shape index (κ3) is 20.0. The van der Waals surface area contributed by atoms with Gasteiger partial charge >= 0.3 is 5.97 Å². The van der Waals surface area contributed by atoms with E-state index in [2.05, 4.69) is 0 Å². The van der Waals surface area contributed by atoms with E-state index in [4.69, 9.17) is 18.4 Å². The van der Waals surface area contributed by atoms with Crippen molar-refractivity contribution in [2.24, 2.45) is 0 Å². The lowest BCUT2D eigenvalue weighted by atomic mass is 10.2. The molecule has 0 spiro atoms. The molecule has 0 aliphatic heterocycles. The van der Waals surface area contributed by atoms with Crippen LogP contribution in [-0.2, 0) is 9.53 Å². The van der Waals surface area contributed by atoms with Crippen molar-refractivity contribution in [1.82, 2.24) is 0 Å². The number of hydrogen-bond acceptors (Lipinski definition) is 2. The summed E-state index contributed by atoms with van der Waals surface area (Å²) in [6.45, 7) is 3.80. The van der Waals surface area contributed by atoms with Crippen LogP contribution >= 0.6 is 0 Å². The van der Waals surface area contributed by atoms with E-state index >= 15 is 0 Å². The van der Waals surface area contributed by atoms with Crippen LogP contribution in [0.5, 0.6) is 0 Å². The van der Waals surface area contributed by atoms with E-state index in [1.807, 2.05) is 6.92 Å². The summed E-state index contributed by atoms with van der Waals surface area (Å²) in [5.74, 6) is -0.392. The Kier molecular flexibility index (Phi) is 9.34. The standard InChI is InChI=1S/C24H36O2/c1-3-5-6-7-8-9-10-11-12-13-14-15-16-17-18-19-20-21-22-23-24(25)26-4-2/h5-6,8-9,11-12,14-15,17-18,20-21H,3-4,7,10,13,16,19,22-23H2,1-2H3/b6-5-,9-8-,12-11-,15-14-,18-17-,21-20-/i7D2,10D2,13D2,16D2,19D2. The van der Waals surface area contributed by atoms with Gasteiger partial charge in [-0.05, 0) is 51.6 Å². The number of rotatable bonds is 15. The van der Waals surface area contributed by atoms with Crippen LogP contribution in [0.2, 0.25) is 0 Å². The number of esters is 1. The molecule has 0 saturated carbocycles. The largest absolute Gasteiger partial charge is 0.466 e. The molecule has 0 radical (unpaired) electrons. The van der Waals surface area contributed by atoms with Crippen LogP contribution in [0.25, 0.3) is 0 Å². The molecule has 0 amide bonds. The van der Waals surface area contributed by atoms with Crippen LogP contribution in [0.3, 0.4) is 0 Å². The second-order valence-corrected chi connectivity index (χ2v) is 4.72. The fraction of sp³-hybridized carbons (Fsp3) is 0.458. The highest BCUT2D eigenvalue weighted by Gasteiger charge is 1.97. The fourth-order valence-electron chi connectivity index (χ4n) is 1.43. The van der Waals surface area contributed by atoms with Crippen LogP contribution in [0.15, 0.2) is 72.9 Å². The number of carbonyl (C=O) groups is 1. The van der Waals surface area contributed by atoms with E-state index in [1.165, 1.54) is 18.2 Å². The maximum atomic E-state index is 11.3. The Bertz CT molecular complexity index is 866. The SMILES string of the molecule is [2H]C([2H])(/C=C\CC)/C=C\C([2H])([2H])/C=C\C([2H])([2H])/C=C\C([2H])([2H])/C=C\C([2H])([2H])/C=C\CCC(=O)OCC. The van der Waals surface area contributed by atoms with Gasteiger partial charge in [-0.25, -0.2) is 0 Å². The molecule has 0 aliphatic carbocycles. The number of carbonyl (C=O) groups excluding carboxylic acids is 1. The van der Waals surface area contributed by atoms with Gasteiger partial charge in [0.05, 0.1) is 6.61 Å². The second kappa shape index (κ2) is 21.0. The summed E-state index contributed by atoms with van der Waals surface area (Å²) in [6, 6.07) is 0. The highest BCUT2D eigenvalue weighted by Crippen LogP contribution is 1.98. The van der Waals surface area contributed by atoms with Gasteiger partial charge in [0, 0.05) is 20.1 Å². The van der Waals surface area contributed by atoms with E-state index < -0.39 is 37.8 Å². The number of hydrogen-bond donors (Lipinski definition) is 0. The van der Waals surface area contributed by atoms with E-state index in [-0.39, 0.29) is 19.4 Å². The van der Waals surface area contributed by atoms with Crippen molar-refractivity contribution in [2.45, 2.75) is 65.0 Å². The summed E-state index contributed by atoms with van der Waals surface area (Å²) in [5, 5.41) is 0. The van der Waals surface area contributed by atoms with E-state index in [0.29, 0.717) is 6.42 Å². The normalized spacial score (nSPS) is 21.3. The van der Waals surface area contributed by atoms with Gasteiger partial charge in [0.2, 0.25) is 0 Å². The van der Waals surface area contributed by atoms with Crippen LogP contribution in [0.4, 0.5) is 0 Å². The van der Waals surface area contributed by atoms with Gasteiger partial charge in [0.15, 0.2) is 0 Å². The molecule has 0 bridgehead atoms. The minimum absolute atomic E-state index is 0.104. The molecule has 0 fully saturated rings. The Balaban J connectivity index is 5.20. The molecular weight excluding hydrogens is 320 g/mol. The molecule has 144 valence electrons. The average Bonchev–Trinajstić information content (AvgIpc) is 2.76. The summed E-state index contributed by atoms with van der Waals surface area (Å²) in [5.41, 5.74) is 0.